The van der Waals surface area contributed by atoms with E-state index in [1.54, 1.807) is 7.11 Å². The van der Waals surface area contributed by atoms with Gasteiger partial charge in [-0.2, -0.15) is 0 Å². The van der Waals surface area contributed by atoms with Crippen LogP contribution in [0.4, 0.5) is 11.4 Å². The maximum atomic E-state index is 12.4. The number of aryl methyl sites for hydroxylation is 2. The molecule has 0 atom stereocenters. The van der Waals surface area contributed by atoms with Crippen molar-refractivity contribution in [2.45, 2.75) is 40.0 Å². The predicted molar refractivity (Wildman–Crippen MR) is 186 cm³/mol. The fourth-order valence-electron chi connectivity index (χ4n) is 5.99. The zero-order chi connectivity index (χ0) is 31.8. The van der Waals surface area contributed by atoms with Crippen LogP contribution in [0.2, 0.25) is 0 Å². The fraction of sp³-hybridized carbons (Fsp3) is 0.211. The molecule has 0 unspecified atom stereocenters. The number of benzene rings is 4. The fourth-order valence-corrected chi connectivity index (χ4v) is 6.35. The molecule has 0 spiro atoms. The number of ether oxygens (including phenoxy) is 2. The summed E-state index contributed by atoms with van der Waals surface area (Å²) in [6.45, 7) is 9.11. The van der Waals surface area contributed by atoms with Crippen LogP contribution in [0.5, 0.6) is 11.5 Å². The van der Waals surface area contributed by atoms with E-state index in [0.717, 1.165) is 84.9 Å². The number of rotatable bonds is 4. The first-order valence-electron chi connectivity index (χ1n) is 15.0. The Balaban J connectivity index is 0.000000160. The number of carbonyl (C=O) groups excluding carboxylic acids is 2. The summed E-state index contributed by atoms with van der Waals surface area (Å²) in [5, 5.41) is 5.85. The number of nitrogens with one attached hydrogen (secondary N) is 2. The van der Waals surface area contributed by atoms with E-state index in [9.17, 15) is 9.59 Å². The predicted octanol–water partition coefficient (Wildman–Crippen LogP) is 8.80. The number of carbonyl (C=O) groups is 2. The summed E-state index contributed by atoms with van der Waals surface area (Å²) >= 11 is 3.46. The van der Waals surface area contributed by atoms with Crippen molar-refractivity contribution in [2.75, 3.05) is 24.4 Å². The summed E-state index contributed by atoms with van der Waals surface area (Å²) in [5.41, 5.74) is 11.8. The summed E-state index contributed by atoms with van der Waals surface area (Å²) in [6, 6.07) is 22.0. The normalized spacial score (nSPS) is 16.1. The van der Waals surface area contributed by atoms with Crippen molar-refractivity contribution in [1.29, 1.82) is 0 Å². The topological polar surface area (TPSA) is 76.7 Å². The molecule has 0 saturated carbocycles. The minimum absolute atomic E-state index is 0.0411. The van der Waals surface area contributed by atoms with E-state index in [0.29, 0.717) is 11.5 Å². The smallest absolute Gasteiger partial charge is 0.256 e. The Kier molecular flexibility index (Phi) is 8.38. The lowest BCUT2D eigenvalue weighted by Gasteiger charge is -2.15. The van der Waals surface area contributed by atoms with Crippen molar-refractivity contribution in [3.8, 4) is 11.5 Å². The first-order valence-corrected chi connectivity index (χ1v) is 15.8. The molecule has 0 bridgehead atoms. The van der Waals surface area contributed by atoms with Crippen molar-refractivity contribution in [1.82, 2.24) is 0 Å². The Morgan fingerprint density at radius 2 is 1.64 bits per heavy atom. The second-order valence-electron chi connectivity index (χ2n) is 11.8. The molecule has 0 saturated heterocycles. The molecule has 6 nitrogen and oxygen atoms in total. The standard InChI is InChI=1S/C21H23NO2.C17H12BrNO2/c1-12(2)16-10-15(14(4)9-19(16)24-5)11-17-20-13(3)7-6-8-18(20)22-21(17)23;18-12-2-3-15-13(9-12)14(17(20)19-15)8-10-1-4-16-11(7-10)5-6-21-16/h6-12H,1-5H3,(H,22,23);1-4,7-9H,5-6H2,(H,19,20). The van der Waals surface area contributed by atoms with Crippen LogP contribution in [0.3, 0.4) is 0 Å². The molecule has 45 heavy (non-hydrogen) atoms. The van der Waals surface area contributed by atoms with Crippen LogP contribution in [0.15, 0.2) is 71.2 Å². The van der Waals surface area contributed by atoms with E-state index < -0.39 is 0 Å². The third-order valence-electron chi connectivity index (χ3n) is 8.36. The van der Waals surface area contributed by atoms with Gasteiger partial charge in [-0.15, -0.1) is 0 Å². The van der Waals surface area contributed by atoms with Crippen molar-refractivity contribution < 1.29 is 19.1 Å². The van der Waals surface area contributed by atoms with Crippen molar-refractivity contribution >= 4 is 62.4 Å². The average molecular weight is 664 g/mol. The Morgan fingerprint density at radius 1 is 0.867 bits per heavy atom. The quantitative estimate of drug-likeness (QED) is 0.214. The van der Waals surface area contributed by atoms with Gasteiger partial charge < -0.3 is 20.1 Å². The zero-order valence-corrected chi connectivity index (χ0v) is 27.6. The van der Waals surface area contributed by atoms with Gasteiger partial charge in [0.15, 0.2) is 0 Å². The van der Waals surface area contributed by atoms with Gasteiger partial charge in [-0.05, 0) is 114 Å². The van der Waals surface area contributed by atoms with Gasteiger partial charge in [-0.25, -0.2) is 0 Å². The second kappa shape index (κ2) is 12.4. The largest absolute Gasteiger partial charge is 0.496 e. The minimum Gasteiger partial charge on any atom is -0.496 e. The van der Waals surface area contributed by atoms with Crippen LogP contribution in [0.25, 0.3) is 23.3 Å². The summed E-state index contributed by atoms with van der Waals surface area (Å²) in [4.78, 5) is 24.6. The molecule has 0 aromatic heterocycles. The number of amides is 2. The molecule has 0 radical (unpaired) electrons. The van der Waals surface area contributed by atoms with Gasteiger partial charge in [0.25, 0.3) is 11.8 Å². The third-order valence-corrected chi connectivity index (χ3v) is 8.86. The first-order chi connectivity index (χ1) is 21.6. The lowest BCUT2D eigenvalue weighted by molar-refractivity contribution is -0.111. The molecule has 3 heterocycles. The molecule has 4 aromatic carbocycles. The van der Waals surface area contributed by atoms with Gasteiger partial charge in [-0.3, -0.25) is 9.59 Å². The number of anilines is 2. The number of hydrogen-bond donors (Lipinski definition) is 2. The maximum Gasteiger partial charge on any atom is 0.256 e. The van der Waals surface area contributed by atoms with Gasteiger partial charge in [-0.1, -0.05) is 48.0 Å². The van der Waals surface area contributed by atoms with Crippen molar-refractivity contribution in [2.24, 2.45) is 0 Å². The number of fused-ring (bicyclic) bond motifs is 3. The van der Waals surface area contributed by atoms with E-state index in [1.807, 2.05) is 80.6 Å². The summed E-state index contributed by atoms with van der Waals surface area (Å²) in [7, 11) is 1.70. The van der Waals surface area contributed by atoms with Crippen LogP contribution < -0.4 is 20.1 Å². The van der Waals surface area contributed by atoms with E-state index in [1.165, 1.54) is 5.56 Å². The van der Waals surface area contributed by atoms with Crippen LogP contribution in [0.1, 0.15) is 64.3 Å². The van der Waals surface area contributed by atoms with Crippen LogP contribution >= 0.6 is 15.9 Å². The summed E-state index contributed by atoms with van der Waals surface area (Å²) < 4.78 is 12.0. The molecule has 0 aliphatic carbocycles. The van der Waals surface area contributed by atoms with Gasteiger partial charge in [0, 0.05) is 44.5 Å². The number of hydrogen-bond acceptors (Lipinski definition) is 4. The molecule has 4 aromatic rings. The van der Waals surface area contributed by atoms with Gasteiger partial charge in [0.1, 0.15) is 11.5 Å². The Morgan fingerprint density at radius 3 is 2.42 bits per heavy atom. The van der Waals surface area contributed by atoms with Gasteiger partial charge in [0.05, 0.1) is 13.7 Å². The third kappa shape index (κ3) is 6.05. The summed E-state index contributed by atoms with van der Waals surface area (Å²) in [5.74, 6) is 2.11. The number of methoxy groups -OCH3 is 1. The molecule has 3 aliphatic rings. The minimum atomic E-state index is -0.0557. The monoisotopic (exact) mass is 662 g/mol. The molecule has 7 heteroatoms. The van der Waals surface area contributed by atoms with E-state index >= 15 is 0 Å². The van der Waals surface area contributed by atoms with Gasteiger partial charge >= 0.3 is 0 Å². The Bertz CT molecular complexity index is 1920. The molecule has 7 rings (SSSR count). The highest BCUT2D eigenvalue weighted by atomic mass is 79.9. The molecule has 0 fully saturated rings. The lowest BCUT2D eigenvalue weighted by atomic mass is 9.93. The van der Waals surface area contributed by atoms with Crippen LogP contribution in [-0.2, 0) is 16.0 Å². The first kappa shape index (κ1) is 30.4. The van der Waals surface area contributed by atoms with Crippen molar-refractivity contribution in [3.63, 3.8) is 0 Å². The molecular formula is C38H35BrN2O4. The highest BCUT2D eigenvalue weighted by Crippen LogP contribution is 2.38. The van der Waals surface area contributed by atoms with E-state index in [2.05, 4.69) is 52.5 Å². The molecule has 3 aliphatic heterocycles. The zero-order valence-electron chi connectivity index (χ0n) is 26.0. The summed E-state index contributed by atoms with van der Waals surface area (Å²) in [6.07, 6.45) is 4.86. The second-order valence-corrected chi connectivity index (χ2v) is 12.7. The van der Waals surface area contributed by atoms with E-state index in [4.69, 9.17) is 9.47 Å². The Labute approximate surface area is 272 Å². The number of halogens is 1. The average Bonchev–Trinajstić information content (AvgIpc) is 3.69. The molecular weight excluding hydrogens is 628 g/mol. The Hall–Kier alpha value is -4.62. The highest BCUT2D eigenvalue weighted by molar-refractivity contribution is 9.10. The lowest BCUT2D eigenvalue weighted by Crippen LogP contribution is -2.04. The van der Waals surface area contributed by atoms with Crippen molar-refractivity contribution in [3.05, 3.63) is 116 Å². The molecule has 228 valence electrons. The SMILES string of the molecule is COc1cc(C)c(C=C2C(=O)Nc3cccc(C)c32)cc1C(C)C.O=C1Nc2ccc(Br)cc2C1=Cc1ccc2c(c1)CCO2. The molecule has 2 N–H and O–H groups in total. The maximum absolute atomic E-state index is 12.4. The molecule has 2 amide bonds. The van der Waals surface area contributed by atoms with Crippen LogP contribution in [0, 0.1) is 13.8 Å². The highest BCUT2D eigenvalue weighted by Gasteiger charge is 2.26. The van der Waals surface area contributed by atoms with Gasteiger partial charge in [0.2, 0.25) is 0 Å². The van der Waals surface area contributed by atoms with E-state index in [-0.39, 0.29) is 11.8 Å². The van der Waals surface area contributed by atoms with Crippen LogP contribution in [-0.4, -0.2) is 25.5 Å².